The zero-order chi connectivity index (χ0) is 9.90. The van der Waals surface area contributed by atoms with E-state index >= 15 is 0 Å². The lowest BCUT2D eigenvalue weighted by molar-refractivity contribution is 0.207. The molecule has 1 rings (SSSR count). The minimum Gasteiger partial charge on any atom is -0.417 e. The highest BCUT2D eigenvalue weighted by molar-refractivity contribution is 6.69. The van der Waals surface area contributed by atoms with Gasteiger partial charge in [0.2, 0.25) is 0 Å². The summed E-state index contributed by atoms with van der Waals surface area (Å²) in [5, 5.41) is 0.366. The molecule has 2 unspecified atom stereocenters. The maximum atomic E-state index is 6.25. The molecule has 0 bridgehead atoms. The Morgan fingerprint density at radius 1 is 1.23 bits per heavy atom. The van der Waals surface area contributed by atoms with Crippen LogP contribution in [0.3, 0.4) is 0 Å². The normalized spacial score (nSPS) is 30.5. The standard InChI is InChI=1S/C10H21ClOSi/c1-13(2,3)12-8-9-6-4-5-7-10(9)11/h9-10H,4-8H2,1-3H3. The van der Waals surface area contributed by atoms with Crippen LogP contribution in [-0.2, 0) is 4.43 Å². The van der Waals surface area contributed by atoms with Crippen molar-refractivity contribution in [3.8, 4) is 0 Å². The molecule has 1 nitrogen and oxygen atoms in total. The summed E-state index contributed by atoms with van der Waals surface area (Å²) in [7, 11) is -1.33. The molecule has 1 aliphatic rings. The molecule has 1 saturated carbocycles. The van der Waals surface area contributed by atoms with E-state index in [-0.39, 0.29) is 0 Å². The van der Waals surface area contributed by atoms with E-state index in [9.17, 15) is 0 Å². The van der Waals surface area contributed by atoms with Gasteiger partial charge in [0, 0.05) is 12.0 Å². The number of rotatable bonds is 3. The molecule has 1 aliphatic carbocycles. The largest absolute Gasteiger partial charge is 0.417 e. The van der Waals surface area contributed by atoms with E-state index in [1.165, 1.54) is 25.7 Å². The molecule has 2 atom stereocenters. The van der Waals surface area contributed by atoms with Gasteiger partial charge in [-0.2, -0.15) is 0 Å². The van der Waals surface area contributed by atoms with Crippen molar-refractivity contribution in [2.24, 2.45) is 5.92 Å². The quantitative estimate of drug-likeness (QED) is 0.522. The molecule has 3 heteroatoms. The van der Waals surface area contributed by atoms with Gasteiger partial charge in [0.1, 0.15) is 0 Å². The van der Waals surface area contributed by atoms with Gasteiger partial charge < -0.3 is 4.43 Å². The van der Waals surface area contributed by atoms with E-state index in [0.717, 1.165) is 6.61 Å². The molecule has 0 saturated heterocycles. The first-order valence-electron chi connectivity index (χ1n) is 5.27. The van der Waals surface area contributed by atoms with E-state index in [4.69, 9.17) is 16.0 Å². The van der Waals surface area contributed by atoms with Gasteiger partial charge in [-0.1, -0.05) is 12.8 Å². The fraction of sp³-hybridized carbons (Fsp3) is 1.00. The van der Waals surface area contributed by atoms with Gasteiger partial charge >= 0.3 is 0 Å². The van der Waals surface area contributed by atoms with Gasteiger partial charge in [0.05, 0.1) is 0 Å². The van der Waals surface area contributed by atoms with Crippen LogP contribution in [-0.4, -0.2) is 20.3 Å². The van der Waals surface area contributed by atoms with Crippen molar-refractivity contribution in [3.05, 3.63) is 0 Å². The first-order valence-corrected chi connectivity index (χ1v) is 9.11. The first kappa shape index (κ1) is 11.5. The number of hydrogen-bond acceptors (Lipinski definition) is 1. The van der Waals surface area contributed by atoms with Crippen LogP contribution in [0.4, 0.5) is 0 Å². The van der Waals surface area contributed by atoms with Crippen LogP contribution in [0.2, 0.25) is 19.6 Å². The highest BCUT2D eigenvalue weighted by atomic mass is 35.5. The predicted molar refractivity (Wildman–Crippen MR) is 60.9 cm³/mol. The first-order chi connectivity index (χ1) is 5.99. The average molecular weight is 221 g/mol. The molecule has 1 fully saturated rings. The highest BCUT2D eigenvalue weighted by Gasteiger charge is 2.25. The Bertz CT molecular complexity index is 155. The van der Waals surface area contributed by atoms with Crippen LogP contribution in [0.25, 0.3) is 0 Å². The second-order valence-corrected chi connectivity index (χ2v) is 10.1. The predicted octanol–water partition coefficient (Wildman–Crippen LogP) is 3.64. The van der Waals surface area contributed by atoms with Gasteiger partial charge in [0.15, 0.2) is 8.32 Å². The summed E-state index contributed by atoms with van der Waals surface area (Å²) >= 11 is 6.25. The number of alkyl halides is 1. The third-order valence-corrected chi connectivity index (χ3v) is 4.15. The van der Waals surface area contributed by atoms with Gasteiger partial charge in [-0.3, -0.25) is 0 Å². The van der Waals surface area contributed by atoms with Crippen LogP contribution in [0, 0.1) is 5.92 Å². The Kier molecular flexibility index (Phi) is 4.27. The molecule has 78 valence electrons. The lowest BCUT2D eigenvalue weighted by Crippen LogP contribution is -2.32. The van der Waals surface area contributed by atoms with Crippen molar-refractivity contribution in [2.75, 3.05) is 6.61 Å². The average Bonchev–Trinajstić information content (AvgIpc) is 2.01. The van der Waals surface area contributed by atoms with Crippen molar-refractivity contribution in [1.29, 1.82) is 0 Å². The second-order valence-electron chi connectivity index (χ2n) is 4.98. The minimum absolute atomic E-state index is 0.366. The second kappa shape index (κ2) is 4.81. The Morgan fingerprint density at radius 2 is 1.85 bits per heavy atom. The molecule has 0 aromatic carbocycles. The topological polar surface area (TPSA) is 9.23 Å². The van der Waals surface area contributed by atoms with Gasteiger partial charge in [-0.25, -0.2) is 0 Å². The number of halogens is 1. The third-order valence-electron chi connectivity index (χ3n) is 2.55. The molecule has 0 aliphatic heterocycles. The Morgan fingerprint density at radius 3 is 2.38 bits per heavy atom. The molecule has 0 heterocycles. The Labute approximate surface area is 87.9 Å². The maximum Gasteiger partial charge on any atom is 0.183 e. The summed E-state index contributed by atoms with van der Waals surface area (Å²) in [5.41, 5.74) is 0. The smallest absolute Gasteiger partial charge is 0.183 e. The molecule has 0 amide bonds. The van der Waals surface area contributed by atoms with Crippen molar-refractivity contribution in [1.82, 2.24) is 0 Å². The van der Waals surface area contributed by atoms with Crippen molar-refractivity contribution in [3.63, 3.8) is 0 Å². The van der Waals surface area contributed by atoms with E-state index in [0.29, 0.717) is 11.3 Å². The van der Waals surface area contributed by atoms with Gasteiger partial charge in [0.25, 0.3) is 0 Å². The SMILES string of the molecule is C[Si](C)(C)OCC1CCCCC1Cl. The van der Waals surface area contributed by atoms with Gasteiger partial charge in [-0.05, 0) is 38.4 Å². The molecule has 0 spiro atoms. The van der Waals surface area contributed by atoms with Crippen molar-refractivity contribution < 1.29 is 4.43 Å². The van der Waals surface area contributed by atoms with E-state index in [1.54, 1.807) is 0 Å². The molecule has 0 N–H and O–H groups in total. The van der Waals surface area contributed by atoms with E-state index in [2.05, 4.69) is 19.6 Å². The highest BCUT2D eigenvalue weighted by Crippen LogP contribution is 2.29. The lowest BCUT2D eigenvalue weighted by Gasteiger charge is -2.29. The van der Waals surface area contributed by atoms with Gasteiger partial charge in [-0.15, -0.1) is 11.6 Å². The van der Waals surface area contributed by atoms with Crippen molar-refractivity contribution >= 4 is 19.9 Å². The fourth-order valence-corrected chi connectivity index (χ4v) is 2.77. The molecule has 0 aromatic rings. The zero-order valence-corrected chi connectivity index (χ0v) is 10.7. The number of hydrogen-bond donors (Lipinski definition) is 0. The maximum absolute atomic E-state index is 6.25. The summed E-state index contributed by atoms with van der Waals surface area (Å²) in [6.45, 7) is 7.60. The summed E-state index contributed by atoms with van der Waals surface area (Å²) in [5.74, 6) is 0.613. The Hall–Kier alpha value is 0.467. The van der Waals surface area contributed by atoms with Crippen LogP contribution in [0.1, 0.15) is 25.7 Å². The summed E-state index contributed by atoms with van der Waals surface area (Å²) in [6, 6.07) is 0. The summed E-state index contributed by atoms with van der Waals surface area (Å²) in [6.07, 6.45) is 5.08. The van der Waals surface area contributed by atoms with E-state index < -0.39 is 8.32 Å². The van der Waals surface area contributed by atoms with Crippen molar-refractivity contribution in [2.45, 2.75) is 50.7 Å². The molecule has 13 heavy (non-hydrogen) atoms. The molecule has 0 radical (unpaired) electrons. The monoisotopic (exact) mass is 220 g/mol. The third kappa shape index (κ3) is 4.48. The summed E-state index contributed by atoms with van der Waals surface area (Å²) in [4.78, 5) is 0. The molecular weight excluding hydrogens is 200 g/mol. The van der Waals surface area contributed by atoms with Crippen LogP contribution < -0.4 is 0 Å². The zero-order valence-electron chi connectivity index (χ0n) is 8.98. The Balaban J connectivity index is 2.27. The van der Waals surface area contributed by atoms with Crippen LogP contribution >= 0.6 is 11.6 Å². The van der Waals surface area contributed by atoms with Crippen LogP contribution in [0.15, 0.2) is 0 Å². The molecule has 0 aromatic heterocycles. The summed E-state index contributed by atoms with van der Waals surface area (Å²) < 4.78 is 5.89. The van der Waals surface area contributed by atoms with E-state index in [1.807, 2.05) is 0 Å². The lowest BCUT2D eigenvalue weighted by atomic mass is 9.89. The minimum atomic E-state index is -1.33. The fourth-order valence-electron chi connectivity index (χ4n) is 1.71. The molecular formula is C10H21ClOSi. The van der Waals surface area contributed by atoms with Crippen LogP contribution in [0.5, 0.6) is 0 Å².